The molecule has 1 aromatic carbocycles. The molecule has 3 rings (SSSR count). The topological polar surface area (TPSA) is 89.2 Å². The average molecular weight is 401 g/mol. The number of carboxylic acids is 1. The van der Waals surface area contributed by atoms with Crippen LogP contribution in [-0.2, 0) is 22.5 Å². The van der Waals surface area contributed by atoms with Crippen molar-refractivity contribution in [3.05, 3.63) is 51.9 Å². The number of nitrogens with zero attached hydrogens (tertiary/aromatic N) is 1. The highest BCUT2D eigenvalue weighted by atomic mass is 16.5. The van der Waals surface area contributed by atoms with Crippen molar-refractivity contribution in [2.45, 2.75) is 39.3 Å². The van der Waals surface area contributed by atoms with Gasteiger partial charge in [0.25, 0.3) is 0 Å². The minimum Gasteiger partial charge on any atom is -0.478 e. The molecule has 0 aliphatic carbocycles. The van der Waals surface area contributed by atoms with Crippen LogP contribution in [0.1, 0.15) is 30.5 Å². The fraction of sp³-hybridized carbons (Fsp3) is 0.455. The van der Waals surface area contributed by atoms with Gasteiger partial charge in [-0.2, -0.15) is 0 Å². The zero-order valence-electron chi connectivity index (χ0n) is 17.1. The molecular weight excluding hydrogens is 374 g/mol. The number of hydrogen-bond donors (Lipinski definition) is 1. The molecule has 0 saturated carbocycles. The summed E-state index contributed by atoms with van der Waals surface area (Å²) in [7, 11) is 0. The summed E-state index contributed by atoms with van der Waals surface area (Å²) in [5, 5.41) is 10.4. The van der Waals surface area contributed by atoms with Crippen molar-refractivity contribution in [1.29, 1.82) is 0 Å². The molecule has 1 aromatic heterocycles. The molecule has 1 aliphatic heterocycles. The highest BCUT2D eigenvalue weighted by Gasteiger charge is 2.32. The zero-order valence-corrected chi connectivity index (χ0v) is 17.1. The summed E-state index contributed by atoms with van der Waals surface area (Å²) in [5.74, 6) is -0.643. The Morgan fingerprint density at radius 3 is 2.66 bits per heavy atom. The first kappa shape index (κ1) is 21.1. The summed E-state index contributed by atoms with van der Waals surface area (Å²) in [4.78, 5) is 26.0. The van der Waals surface area contributed by atoms with Crippen molar-refractivity contribution >= 4 is 16.9 Å². The van der Waals surface area contributed by atoms with Crippen LogP contribution in [-0.4, -0.2) is 47.9 Å². The molecular formula is C22H27NO6. The predicted octanol–water partition coefficient (Wildman–Crippen LogP) is 2.90. The smallest absolute Gasteiger partial charge is 0.347 e. The van der Waals surface area contributed by atoms with E-state index in [4.69, 9.17) is 13.9 Å². The van der Waals surface area contributed by atoms with E-state index >= 15 is 0 Å². The molecule has 1 fully saturated rings. The number of rotatable bonds is 7. The first-order valence-corrected chi connectivity index (χ1v) is 9.65. The van der Waals surface area contributed by atoms with Gasteiger partial charge in [0.1, 0.15) is 11.3 Å². The Bertz CT molecular complexity index is 985. The zero-order chi connectivity index (χ0) is 21.2. The second kappa shape index (κ2) is 8.39. The first-order valence-electron chi connectivity index (χ1n) is 9.65. The molecule has 1 aliphatic rings. The maximum absolute atomic E-state index is 12.0. The molecule has 7 heteroatoms. The average Bonchev–Trinajstić information content (AvgIpc) is 2.65. The summed E-state index contributed by atoms with van der Waals surface area (Å²) < 4.78 is 17.0. The maximum atomic E-state index is 12.0. The molecule has 1 saturated heterocycles. The van der Waals surface area contributed by atoms with Crippen LogP contribution in [0.4, 0.5) is 0 Å². The quantitative estimate of drug-likeness (QED) is 0.564. The van der Waals surface area contributed by atoms with E-state index in [1.54, 1.807) is 6.08 Å². The lowest BCUT2D eigenvalue weighted by Crippen LogP contribution is -2.39. The Hall–Kier alpha value is -2.64. The monoisotopic (exact) mass is 401 g/mol. The van der Waals surface area contributed by atoms with E-state index in [2.05, 4.69) is 11.5 Å². The molecule has 0 atom stereocenters. The summed E-state index contributed by atoms with van der Waals surface area (Å²) in [5.41, 5.74) is 0.793. The van der Waals surface area contributed by atoms with Gasteiger partial charge in [0.05, 0.1) is 13.2 Å². The van der Waals surface area contributed by atoms with Gasteiger partial charge in [0.15, 0.2) is 5.60 Å². The van der Waals surface area contributed by atoms with E-state index in [0.717, 1.165) is 29.6 Å². The van der Waals surface area contributed by atoms with E-state index < -0.39 is 17.2 Å². The van der Waals surface area contributed by atoms with Crippen molar-refractivity contribution in [3.63, 3.8) is 0 Å². The van der Waals surface area contributed by atoms with Crippen LogP contribution in [0.25, 0.3) is 11.0 Å². The van der Waals surface area contributed by atoms with Crippen LogP contribution in [0, 0.1) is 6.92 Å². The van der Waals surface area contributed by atoms with E-state index in [9.17, 15) is 14.7 Å². The lowest BCUT2D eigenvalue weighted by Gasteiger charge is -2.30. The number of aliphatic carboxylic acids is 1. The maximum Gasteiger partial charge on any atom is 0.347 e. The summed E-state index contributed by atoms with van der Waals surface area (Å²) in [6.07, 6.45) is 2.07. The molecule has 29 heavy (non-hydrogen) atoms. The van der Waals surface area contributed by atoms with Crippen molar-refractivity contribution in [1.82, 2.24) is 4.90 Å². The second-order valence-corrected chi connectivity index (χ2v) is 7.77. The normalized spacial score (nSPS) is 15.4. The first-order chi connectivity index (χ1) is 13.7. The molecule has 1 N–H and O–H groups in total. The Morgan fingerprint density at radius 1 is 1.34 bits per heavy atom. The molecule has 156 valence electrons. The molecule has 0 unspecified atom stereocenters. The number of fused-ring (bicyclic) bond motifs is 1. The fourth-order valence-corrected chi connectivity index (χ4v) is 3.43. The minimum absolute atomic E-state index is 0.380. The predicted molar refractivity (Wildman–Crippen MR) is 110 cm³/mol. The van der Waals surface area contributed by atoms with Crippen molar-refractivity contribution in [2.24, 2.45) is 0 Å². The lowest BCUT2D eigenvalue weighted by molar-refractivity contribution is -0.152. The second-order valence-electron chi connectivity index (χ2n) is 7.77. The van der Waals surface area contributed by atoms with Gasteiger partial charge in [-0.05, 0) is 38.8 Å². The van der Waals surface area contributed by atoms with E-state index in [-0.39, 0.29) is 0 Å². The molecule has 2 aromatic rings. The van der Waals surface area contributed by atoms with Crippen LogP contribution in [0.2, 0.25) is 0 Å². The van der Waals surface area contributed by atoms with Gasteiger partial charge in [-0.3, -0.25) is 4.90 Å². The highest BCUT2D eigenvalue weighted by Crippen LogP contribution is 2.37. The molecule has 0 spiro atoms. The molecule has 0 radical (unpaired) electrons. The number of allylic oxidation sites excluding steroid dienone is 1. The van der Waals surface area contributed by atoms with E-state index in [1.165, 1.54) is 19.9 Å². The SMILES string of the molecule is C=CCc1c(OC(C)(C)C(=O)O)c(CN2CCOCC2)cc2c(C)cc(=O)oc12. The molecule has 0 amide bonds. The van der Waals surface area contributed by atoms with Gasteiger partial charge in [0.2, 0.25) is 0 Å². The third-order valence-corrected chi connectivity index (χ3v) is 5.08. The van der Waals surface area contributed by atoms with E-state index in [1.807, 2.05) is 13.0 Å². The Kier molecular flexibility index (Phi) is 6.10. The third-order valence-electron chi connectivity index (χ3n) is 5.08. The van der Waals surface area contributed by atoms with Gasteiger partial charge >= 0.3 is 11.6 Å². The van der Waals surface area contributed by atoms with Crippen molar-refractivity contribution < 1.29 is 23.8 Å². The number of carbonyl (C=O) groups is 1. The third kappa shape index (κ3) is 4.52. The summed E-state index contributed by atoms with van der Waals surface area (Å²) in [6.45, 7) is 12.1. The number of carboxylic acid groups (broad SMARTS) is 1. The highest BCUT2D eigenvalue weighted by molar-refractivity contribution is 5.87. The number of hydrogen-bond acceptors (Lipinski definition) is 6. The van der Waals surface area contributed by atoms with Crippen LogP contribution >= 0.6 is 0 Å². The van der Waals surface area contributed by atoms with Crippen LogP contribution < -0.4 is 10.4 Å². The van der Waals surface area contributed by atoms with Gasteiger partial charge < -0.3 is 19.0 Å². The largest absolute Gasteiger partial charge is 0.478 e. The van der Waals surface area contributed by atoms with Crippen molar-refractivity contribution in [3.8, 4) is 5.75 Å². The molecule has 0 bridgehead atoms. The minimum atomic E-state index is -1.45. The van der Waals surface area contributed by atoms with Crippen LogP contribution in [0.3, 0.4) is 0 Å². The van der Waals surface area contributed by atoms with Gasteiger partial charge in [0, 0.05) is 42.2 Å². The number of morpholine rings is 1. The summed E-state index contributed by atoms with van der Waals surface area (Å²) in [6, 6.07) is 3.39. The Labute approximate surface area is 169 Å². The fourth-order valence-electron chi connectivity index (χ4n) is 3.43. The number of aryl methyl sites for hydroxylation is 1. The molecule has 2 heterocycles. The number of benzene rings is 1. The Balaban J connectivity index is 2.23. The molecule has 7 nitrogen and oxygen atoms in total. The lowest BCUT2D eigenvalue weighted by atomic mass is 9.98. The van der Waals surface area contributed by atoms with Crippen LogP contribution in [0.5, 0.6) is 5.75 Å². The van der Waals surface area contributed by atoms with Gasteiger partial charge in [-0.15, -0.1) is 6.58 Å². The van der Waals surface area contributed by atoms with Crippen molar-refractivity contribution in [2.75, 3.05) is 26.3 Å². The number of ether oxygens (including phenoxy) is 2. The van der Waals surface area contributed by atoms with Gasteiger partial charge in [-0.1, -0.05) is 6.08 Å². The van der Waals surface area contributed by atoms with E-state index in [0.29, 0.717) is 43.1 Å². The van der Waals surface area contributed by atoms with Gasteiger partial charge in [-0.25, -0.2) is 9.59 Å². The Morgan fingerprint density at radius 2 is 2.03 bits per heavy atom. The summed E-state index contributed by atoms with van der Waals surface area (Å²) >= 11 is 0. The van der Waals surface area contributed by atoms with Crippen LogP contribution in [0.15, 0.2) is 34.0 Å². The standard InChI is InChI=1S/C22H27NO6/c1-5-6-16-19(29-22(3,4)21(25)26)15(13-23-7-9-27-10-8-23)12-17-14(2)11-18(24)28-20(16)17/h5,11-12H,1,6-10,13H2,2-4H3,(H,25,26).